The van der Waals surface area contributed by atoms with Crippen molar-refractivity contribution in [2.24, 2.45) is 5.41 Å². The largest absolute Gasteiger partial charge is 0.477 e. The van der Waals surface area contributed by atoms with E-state index < -0.39 is 0 Å². The number of rotatable bonds is 5. The van der Waals surface area contributed by atoms with E-state index in [0.29, 0.717) is 18.6 Å². The first-order valence-electron chi connectivity index (χ1n) is 9.11. The summed E-state index contributed by atoms with van der Waals surface area (Å²) in [7, 11) is 0. The average molecular weight is 339 g/mol. The summed E-state index contributed by atoms with van der Waals surface area (Å²) in [6.07, 6.45) is 9.12. The van der Waals surface area contributed by atoms with Crippen molar-refractivity contribution in [2.45, 2.75) is 31.9 Å². The minimum Gasteiger partial charge on any atom is -0.477 e. The Bertz CT molecular complexity index is 667. The first-order chi connectivity index (χ1) is 12.3. The van der Waals surface area contributed by atoms with E-state index in [0.717, 1.165) is 45.5 Å². The Labute approximate surface area is 149 Å². The smallest absolute Gasteiger partial charge is 0.213 e. The molecule has 2 atom stereocenters. The lowest BCUT2D eigenvalue weighted by molar-refractivity contribution is -0.141. The van der Waals surface area contributed by atoms with E-state index in [9.17, 15) is 0 Å². The second-order valence-corrected chi connectivity index (χ2v) is 7.14. The third kappa shape index (κ3) is 3.83. The van der Waals surface area contributed by atoms with Gasteiger partial charge in [-0.1, -0.05) is 6.07 Å². The topological polar surface area (TPSA) is 47.5 Å². The van der Waals surface area contributed by atoms with Crippen LogP contribution in [0.5, 0.6) is 5.88 Å². The van der Waals surface area contributed by atoms with Crippen LogP contribution in [0.1, 0.15) is 24.8 Å². The maximum atomic E-state index is 6.14. The van der Waals surface area contributed by atoms with E-state index in [-0.39, 0.29) is 5.41 Å². The first kappa shape index (κ1) is 16.5. The van der Waals surface area contributed by atoms with Crippen molar-refractivity contribution < 1.29 is 9.47 Å². The van der Waals surface area contributed by atoms with E-state index in [2.05, 4.69) is 27.0 Å². The second kappa shape index (κ2) is 7.50. The molecule has 4 heterocycles. The minimum atomic E-state index is 0.0566. The molecular formula is C20H25N3O2. The quantitative estimate of drug-likeness (QED) is 0.838. The SMILES string of the molecule is c1ccc(OC[C@@]23CCCO[C@H]2CCN(Cc2ccncc2)C3)nc1. The highest BCUT2D eigenvalue weighted by molar-refractivity contribution is 5.12. The predicted octanol–water partition coefficient (Wildman–Crippen LogP) is 2.93. The lowest BCUT2D eigenvalue weighted by Gasteiger charge is -2.50. The van der Waals surface area contributed by atoms with Crippen molar-refractivity contribution >= 4 is 0 Å². The van der Waals surface area contributed by atoms with Crippen LogP contribution >= 0.6 is 0 Å². The first-order valence-corrected chi connectivity index (χ1v) is 9.11. The summed E-state index contributed by atoms with van der Waals surface area (Å²) >= 11 is 0. The van der Waals surface area contributed by atoms with Gasteiger partial charge in [0, 0.05) is 56.3 Å². The zero-order chi connectivity index (χ0) is 17.0. The molecule has 0 bridgehead atoms. The molecule has 2 aromatic heterocycles. The average Bonchev–Trinajstić information content (AvgIpc) is 2.68. The number of hydrogen-bond donors (Lipinski definition) is 0. The summed E-state index contributed by atoms with van der Waals surface area (Å²) in [6.45, 7) is 4.58. The van der Waals surface area contributed by atoms with E-state index in [1.807, 2.05) is 30.6 Å². The molecule has 0 aromatic carbocycles. The molecule has 2 aliphatic rings. The van der Waals surface area contributed by atoms with Crippen LogP contribution in [0.15, 0.2) is 48.9 Å². The summed E-state index contributed by atoms with van der Waals surface area (Å²) in [6, 6.07) is 9.99. The van der Waals surface area contributed by atoms with Gasteiger partial charge in [-0.3, -0.25) is 9.88 Å². The predicted molar refractivity (Wildman–Crippen MR) is 95.3 cm³/mol. The molecule has 4 rings (SSSR count). The zero-order valence-corrected chi connectivity index (χ0v) is 14.5. The van der Waals surface area contributed by atoms with Gasteiger partial charge in [-0.25, -0.2) is 4.98 Å². The van der Waals surface area contributed by atoms with Crippen molar-refractivity contribution in [3.8, 4) is 5.88 Å². The fourth-order valence-electron chi connectivity index (χ4n) is 4.12. The molecule has 0 radical (unpaired) electrons. The standard InChI is InChI=1S/C20H25N3O2/c1-2-9-22-19(4-1)25-16-20-8-3-13-24-18(20)7-12-23(15-20)14-17-5-10-21-11-6-17/h1-2,4-6,9-11,18H,3,7-8,12-16H2/t18-,20-/m0/s1. The molecule has 0 amide bonds. The van der Waals surface area contributed by atoms with Crippen molar-refractivity contribution in [3.63, 3.8) is 0 Å². The van der Waals surface area contributed by atoms with Gasteiger partial charge in [-0.05, 0) is 43.0 Å². The highest BCUT2D eigenvalue weighted by Gasteiger charge is 2.46. The Morgan fingerprint density at radius 1 is 1.20 bits per heavy atom. The minimum absolute atomic E-state index is 0.0566. The van der Waals surface area contributed by atoms with Gasteiger partial charge in [-0.15, -0.1) is 0 Å². The fourth-order valence-corrected chi connectivity index (χ4v) is 4.12. The van der Waals surface area contributed by atoms with Gasteiger partial charge in [0.15, 0.2) is 0 Å². The highest BCUT2D eigenvalue weighted by atomic mass is 16.5. The van der Waals surface area contributed by atoms with Crippen LogP contribution in [-0.4, -0.2) is 47.3 Å². The molecule has 2 saturated heterocycles. The summed E-state index contributed by atoms with van der Waals surface area (Å²) in [5.74, 6) is 0.701. The molecule has 2 aromatic rings. The molecule has 0 N–H and O–H groups in total. The molecular weight excluding hydrogens is 314 g/mol. The number of ether oxygens (including phenoxy) is 2. The zero-order valence-electron chi connectivity index (χ0n) is 14.5. The van der Waals surface area contributed by atoms with Crippen molar-refractivity contribution in [3.05, 3.63) is 54.5 Å². The third-order valence-electron chi connectivity index (χ3n) is 5.37. The summed E-state index contributed by atoms with van der Waals surface area (Å²) in [4.78, 5) is 10.9. The van der Waals surface area contributed by atoms with Crippen molar-refractivity contribution in [2.75, 3.05) is 26.3 Å². The van der Waals surface area contributed by atoms with Crippen molar-refractivity contribution in [1.29, 1.82) is 0 Å². The van der Waals surface area contributed by atoms with Gasteiger partial charge >= 0.3 is 0 Å². The normalized spacial score (nSPS) is 26.8. The molecule has 2 aliphatic heterocycles. The Kier molecular flexibility index (Phi) is 4.95. The van der Waals surface area contributed by atoms with Gasteiger partial charge in [0.2, 0.25) is 5.88 Å². The lowest BCUT2D eigenvalue weighted by Crippen LogP contribution is -2.57. The molecule has 5 heteroatoms. The van der Waals surface area contributed by atoms with E-state index in [1.165, 1.54) is 5.56 Å². The Balaban J connectivity index is 1.47. The summed E-state index contributed by atoms with van der Waals surface area (Å²) in [5, 5.41) is 0. The van der Waals surface area contributed by atoms with Crippen LogP contribution in [0.3, 0.4) is 0 Å². The van der Waals surface area contributed by atoms with Crippen molar-refractivity contribution in [1.82, 2.24) is 14.9 Å². The summed E-state index contributed by atoms with van der Waals surface area (Å²) < 4.78 is 12.2. The molecule has 0 saturated carbocycles. The van der Waals surface area contributed by atoms with Crippen LogP contribution in [-0.2, 0) is 11.3 Å². The number of piperidine rings is 1. The molecule has 5 nitrogen and oxygen atoms in total. The third-order valence-corrected chi connectivity index (χ3v) is 5.37. The van der Waals surface area contributed by atoms with Gasteiger partial charge in [-0.2, -0.15) is 0 Å². The molecule has 0 unspecified atom stereocenters. The van der Waals surface area contributed by atoms with Crippen LogP contribution in [0.25, 0.3) is 0 Å². The molecule has 0 aliphatic carbocycles. The van der Waals surface area contributed by atoms with Crippen LogP contribution in [0.2, 0.25) is 0 Å². The molecule has 0 spiro atoms. The molecule has 2 fully saturated rings. The van der Waals surface area contributed by atoms with Gasteiger partial charge in [0.05, 0.1) is 12.7 Å². The van der Waals surface area contributed by atoms with Gasteiger partial charge in [0.1, 0.15) is 0 Å². The maximum absolute atomic E-state index is 6.14. The number of hydrogen-bond acceptors (Lipinski definition) is 5. The number of fused-ring (bicyclic) bond motifs is 1. The number of likely N-dealkylation sites (tertiary alicyclic amines) is 1. The fraction of sp³-hybridized carbons (Fsp3) is 0.500. The van der Waals surface area contributed by atoms with Gasteiger partial charge in [0.25, 0.3) is 0 Å². The highest BCUT2D eigenvalue weighted by Crippen LogP contribution is 2.40. The Hall–Kier alpha value is -1.98. The maximum Gasteiger partial charge on any atom is 0.213 e. The number of nitrogens with zero attached hydrogens (tertiary/aromatic N) is 3. The molecule has 132 valence electrons. The van der Waals surface area contributed by atoms with Crippen LogP contribution in [0, 0.1) is 5.41 Å². The monoisotopic (exact) mass is 339 g/mol. The Morgan fingerprint density at radius 2 is 2.12 bits per heavy atom. The Morgan fingerprint density at radius 3 is 2.96 bits per heavy atom. The van der Waals surface area contributed by atoms with E-state index >= 15 is 0 Å². The van der Waals surface area contributed by atoms with Crippen LogP contribution < -0.4 is 4.74 Å². The number of aromatic nitrogens is 2. The van der Waals surface area contributed by atoms with Gasteiger partial charge < -0.3 is 9.47 Å². The number of pyridine rings is 2. The summed E-state index contributed by atoms with van der Waals surface area (Å²) in [5.41, 5.74) is 1.37. The lowest BCUT2D eigenvalue weighted by atomic mass is 9.73. The molecule has 25 heavy (non-hydrogen) atoms. The van der Waals surface area contributed by atoms with E-state index in [4.69, 9.17) is 9.47 Å². The van der Waals surface area contributed by atoms with E-state index in [1.54, 1.807) is 6.20 Å². The van der Waals surface area contributed by atoms with Crippen LogP contribution in [0.4, 0.5) is 0 Å². The second-order valence-electron chi connectivity index (χ2n) is 7.14.